The first-order valence-electron chi connectivity index (χ1n) is 7.82. The molecule has 0 bridgehead atoms. The van der Waals surface area contributed by atoms with Crippen LogP contribution in [-0.2, 0) is 6.42 Å². The van der Waals surface area contributed by atoms with Crippen LogP contribution < -0.4 is 10.6 Å². The molecule has 1 aromatic carbocycles. The van der Waals surface area contributed by atoms with Crippen LogP contribution in [0.4, 0.5) is 5.69 Å². The number of anilines is 1. The zero-order chi connectivity index (χ0) is 16.2. The lowest BCUT2D eigenvalue weighted by atomic mass is 10.1. The Hall–Kier alpha value is -2.69. The maximum Gasteiger partial charge on any atom is 0.257 e. The molecule has 0 unspecified atom stereocenters. The Morgan fingerprint density at radius 2 is 1.83 bits per heavy atom. The van der Waals surface area contributed by atoms with Gasteiger partial charge in [0.15, 0.2) is 0 Å². The van der Waals surface area contributed by atoms with Crippen molar-refractivity contribution < 1.29 is 9.59 Å². The Labute approximate surface area is 135 Å². The molecule has 2 N–H and O–H groups in total. The largest absolute Gasteiger partial charge is 0.349 e. The van der Waals surface area contributed by atoms with Gasteiger partial charge in [0, 0.05) is 24.1 Å². The summed E-state index contributed by atoms with van der Waals surface area (Å²) in [6, 6.07) is 9.53. The van der Waals surface area contributed by atoms with Crippen molar-refractivity contribution in [3.05, 3.63) is 59.4 Å². The molecule has 5 heteroatoms. The van der Waals surface area contributed by atoms with Crippen molar-refractivity contribution in [3.8, 4) is 0 Å². The van der Waals surface area contributed by atoms with E-state index < -0.39 is 0 Å². The fourth-order valence-electron chi connectivity index (χ4n) is 2.33. The third-order valence-corrected chi connectivity index (χ3v) is 3.82. The number of para-hydroxylation sites is 1. The Kier molecular flexibility index (Phi) is 4.37. The lowest BCUT2D eigenvalue weighted by molar-refractivity contribution is 0.0950. The van der Waals surface area contributed by atoms with E-state index in [2.05, 4.69) is 15.6 Å². The molecular weight excluding hydrogens is 290 g/mol. The third kappa shape index (κ3) is 3.74. The van der Waals surface area contributed by atoms with E-state index in [-0.39, 0.29) is 17.9 Å². The summed E-state index contributed by atoms with van der Waals surface area (Å²) in [4.78, 5) is 28.5. The second-order valence-electron chi connectivity index (χ2n) is 5.67. The number of nitrogens with one attached hydrogen (secondary N) is 2. The van der Waals surface area contributed by atoms with Gasteiger partial charge in [-0.3, -0.25) is 14.6 Å². The van der Waals surface area contributed by atoms with Crippen LogP contribution in [0.2, 0.25) is 0 Å². The molecule has 1 saturated carbocycles. The molecule has 5 nitrogen and oxygen atoms in total. The summed E-state index contributed by atoms with van der Waals surface area (Å²) in [5.74, 6) is -0.442. The van der Waals surface area contributed by atoms with Crippen LogP contribution >= 0.6 is 0 Å². The van der Waals surface area contributed by atoms with Gasteiger partial charge in [-0.15, -0.1) is 0 Å². The van der Waals surface area contributed by atoms with Gasteiger partial charge < -0.3 is 10.6 Å². The van der Waals surface area contributed by atoms with E-state index in [0.29, 0.717) is 11.1 Å². The van der Waals surface area contributed by atoms with E-state index in [1.807, 2.05) is 31.2 Å². The van der Waals surface area contributed by atoms with Gasteiger partial charge in [-0.05, 0) is 37.0 Å². The number of aromatic nitrogens is 1. The van der Waals surface area contributed by atoms with Gasteiger partial charge >= 0.3 is 0 Å². The van der Waals surface area contributed by atoms with Crippen LogP contribution in [-0.4, -0.2) is 22.8 Å². The fourth-order valence-corrected chi connectivity index (χ4v) is 2.33. The van der Waals surface area contributed by atoms with Crippen molar-refractivity contribution in [2.75, 3.05) is 5.32 Å². The van der Waals surface area contributed by atoms with Gasteiger partial charge in [-0.2, -0.15) is 0 Å². The minimum absolute atomic E-state index is 0.177. The maximum absolute atomic E-state index is 12.4. The molecule has 0 aliphatic heterocycles. The molecule has 0 saturated heterocycles. The lowest BCUT2D eigenvalue weighted by Crippen LogP contribution is -2.26. The van der Waals surface area contributed by atoms with Gasteiger partial charge in [0.05, 0.1) is 11.1 Å². The van der Waals surface area contributed by atoms with Crippen molar-refractivity contribution in [2.45, 2.75) is 32.2 Å². The van der Waals surface area contributed by atoms with E-state index >= 15 is 0 Å². The van der Waals surface area contributed by atoms with E-state index in [4.69, 9.17) is 0 Å². The number of aryl methyl sites for hydroxylation is 1. The van der Waals surface area contributed by atoms with Crippen LogP contribution in [0.25, 0.3) is 0 Å². The number of carbonyl (C=O) groups is 2. The highest BCUT2D eigenvalue weighted by Gasteiger charge is 2.24. The number of hydrogen-bond donors (Lipinski definition) is 2. The zero-order valence-electron chi connectivity index (χ0n) is 13.0. The summed E-state index contributed by atoms with van der Waals surface area (Å²) >= 11 is 0. The topological polar surface area (TPSA) is 71.1 Å². The summed E-state index contributed by atoms with van der Waals surface area (Å²) in [5, 5.41) is 5.78. The average Bonchev–Trinajstić information content (AvgIpc) is 3.39. The monoisotopic (exact) mass is 309 g/mol. The zero-order valence-corrected chi connectivity index (χ0v) is 13.0. The minimum Gasteiger partial charge on any atom is -0.349 e. The molecular formula is C18H19N3O2. The Morgan fingerprint density at radius 3 is 2.52 bits per heavy atom. The second kappa shape index (κ2) is 6.60. The van der Waals surface area contributed by atoms with Crippen molar-refractivity contribution in [2.24, 2.45) is 0 Å². The van der Waals surface area contributed by atoms with Gasteiger partial charge in [0.1, 0.15) is 0 Å². The number of pyridine rings is 1. The van der Waals surface area contributed by atoms with Gasteiger partial charge in [-0.25, -0.2) is 0 Å². The van der Waals surface area contributed by atoms with Gasteiger partial charge in [-0.1, -0.05) is 25.1 Å². The van der Waals surface area contributed by atoms with Crippen LogP contribution in [0.15, 0.2) is 42.7 Å². The minimum atomic E-state index is -0.264. The summed E-state index contributed by atoms with van der Waals surface area (Å²) in [6.07, 6.45) is 5.82. The molecule has 2 amide bonds. The van der Waals surface area contributed by atoms with Crippen molar-refractivity contribution >= 4 is 17.5 Å². The first-order chi connectivity index (χ1) is 11.2. The number of carbonyl (C=O) groups excluding carboxylic acids is 2. The van der Waals surface area contributed by atoms with Crippen LogP contribution in [0.3, 0.4) is 0 Å². The molecule has 1 aromatic heterocycles. The van der Waals surface area contributed by atoms with Crippen LogP contribution in [0.5, 0.6) is 0 Å². The molecule has 0 radical (unpaired) electrons. The normalized spacial score (nSPS) is 13.4. The SMILES string of the molecule is CCc1ccccc1NC(=O)c1cncc(C(=O)NC2CC2)c1. The number of benzene rings is 1. The Balaban J connectivity index is 1.75. The van der Waals surface area contributed by atoms with Crippen molar-refractivity contribution in [3.63, 3.8) is 0 Å². The average molecular weight is 309 g/mol. The molecule has 118 valence electrons. The number of hydrogen-bond acceptors (Lipinski definition) is 3. The molecule has 1 aliphatic carbocycles. The summed E-state index contributed by atoms with van der Waals surface area (Å²) in [5.41, 5.74) is 2.64. The van der Waals surface area contributed by atoms with Gasteiger partial charge in [0.2, 0.25) is 0 Å². The Bertz CT molecular complexity index is 739. The molecule has 23 heavy (non-hydrogen) atoms. The van der Waals surface area contributed by atoms with E-state index in [0.717, 1.165) is 30.5 Å². The molecule has 1 heterocycles. The van der Waals surface area contributed by atoms with E-state index in [1.165, 1.54) is 12.4 Å². The molecule has 0 spiro atoms. The first-order valence-corrected chi connectivity index (χ1v) is 7.82. The van der Waals surface area contributed by atoms with Crippen LogP contribution in [0, 0.1) is 0 Å². The highest BCUT2D eigenvalue weighted by atomic mass is 16.2. The third-order valence-electron chi connectivity index (χ3n) is 3.82. The standard InChI is InChI=1S/C18H19N3O2/c1-2-12-5-3-4-6-16(12)21-18(23)14-9-13(10-19-11-14)17(22)20-15-7-8-15/h3-6,9-11,15H,2,7-8H2,1H3,(H,20,22)(H,21,23). The van der Waals surface area contributed by atoms with E-state index in [9.17, 15) is 9.59 Å². The van der Waals surface area contributed by atoms with Gasteiger partial charge in [0.25, 0.3) is 11.8 Å². The summed E-state index contributed by atoms with van der Waals surface area (Å²) in [6.45, 7) is 2.04. The number of amides is 2. The van der Waals surface area contributed by atoms with Crippen molar-refractivity contribution in [1.82, 2.24) is 10.3 Å². The quantitative estimate of drug-likeness (QED) is 0.892. The maximum atomic E-state index is 12.4. The second-order valence-corrected chi connectivity index (χ2v) is 5.67. The lowest BCUT2D eigenvalue weighted by Gasteiger charge is -2.10. The summed E-state index contributed by atoms with van der Waals surface area (Å²) in [7, 11) is 0. The smallest absolute Gasteiger partial charge is 0.257 e. The highest BCUT2D eigenvalue weighted by molar-refractivity contribution is 6.06. The first kappa shape index (κ1) is 15.2. The van der Waals surface area contributed by atoms with Crippen molar-refractivity contribution in [1.29, 1.82) is 0 Å². The Morgan fingerprint density at radius 1 is 1.13 bits per heavy atom. The molecule has 0 atom stereocenters. The molecule has 1 fully saturated rings. The predicted octanol–water partition coefficient (Wildman–Crippen LogP) is 2.79. The van der Waals surface area contributed by atoms with Crippen LogP contribution in [0.1, 0.15) is 46.0 Å². The fraction of sp³-hybridized carbons (Fsp3) is 0.278. The molecule has 3 rings (SSSR count). The number of nitrogens with zero attached hydrogens (tertiary/aromatic N) is 1. The predicted molar refractivity (Wildman–Crippen MR) is 88.5 cm³/mol. The highest BCUT2D eigenvalue weighted by Crippen LogP contribution is 2.20. The van der Waals surface area contributed by atoms with E-state index in [1.54, 1.807) is 6.07 Å². The molecule has 2 aromatic rings. The number of rotatable bonds is 5. The summed E-state index contributed by atoms with van der Waals surface area (Å²) < 4.78 is 0. The molecule has 1 aliphatic rings.